The van der Waals surface area contributed by atoms with Crippen LogP contribution in [0.5, 0.6) is 11.5 Å². The molecule has 0 saturated heterocycles. The summed E-state index contributed by atoms with van der Waals surface area (Å²) in [5.74, 6) is 0.622. The van der Waals surface area contributed by atoms with E-state index in [9.17, 15) is 10.1 Å². The molecule has 25 heavy (non-hydrogen) atoms. The van der Waals surface area contributed by atoms with Gasteiger partial charge in [-0.1, -0.05) is 0 Å². The number of nitriles is 1. The van der Waals surface area contributed by atoms with Gasteiger partial charge in [-0.3, -0.25) is 4.79 Å². The highest BCUT2D eigenvalue weighted by Crippen LogP contribution is 2.29. The van der Waals surface area contributed by atoms with E-state index in [2.05, 4.69) is 10.6 Å². The topological polar surface area (TPSA) is 109 Å². The summed E-state index contributed by atoms with van der Waals surface area (Å²) >= 11 is 0. The van der Waals surface area contributed by atoms with E-state index >= 15 is 0 Å². The molecule has 7 heteroatoms. The van der Waals surface area contributed by atoms with Gasteiger partial charge in [0.15, 0.2) is 0 Å². The molecule has 4 N–H and O–H groups in total. The lowest BCUT2D eigenvalue weighted by Crippen LogP contribution is -2.14. The first-order chi connectivity index (χ1) is 12.1. The first-order valence-corrected chi connectivity index (χ1v) is 7.33. The fourth-order valence-electron chi connectivity index (χ4n) is 1.99. The molecule has 128 valence electrons. The van der Waals surface area contributed by atoms with Crippen LogP contribution in [0.2, 0.25) is 0 Å². The van der Waals surface area contributed by atoms with Gasteiger partial charge in [0.1, 0.15) is 23.1 Å². The van der Waals surface area contributed by atoms with Gasteiger partial charge in [-0.25, -0.2) is 0 Å². The number of nitrogen functional groups attached to an aromatic ring is 1. The van der Waals surface area contributed by atoms with Crippen molar-refractivity contribution in [2.45, 2.75) is 0 Å². The van der Waals surface area contributed by atoms with Crippen LogP contribution >= 0.6 is 0 Å². The molecule has 7 nitrogen and oxygen atoms in total. The Morgan fingerprint density at radius 1 is 1.16 bits per heavy atom. The van der Waals surface area contributed by atoms with Crippen LogP contribution in [0.4, 0.5) is 17.1 Å². The largest absolute Gasteiger partial charge is 0.497 e. The predicted molar refractivity (Wildman–Crippen MR) is 96.3 cm³/mol. The van der Waals surface area contributed by atoms with Crippen molar-refractivity contribution in [2.75, 3.05) is 30.6 Å². The van der Waals surface area contributed by atoms with Crippen LogP contribution in [0.3, 0.4) is 0 Å². The van der Waals surface area contributed by atoms with E-state index in [1.54, 1.807) is 49.6 Å². The second-order valence-electron chi connectivity index (χ2n) is 4.96. The lowest BCUT2D eigenvalue weighted by Gasteiger charge is -2.10. The highest BCUT2D eigenvalue weighted by atomic mass is 16.5. The van der Waals surface area contributed by atoms with Gasteiger partial charge in [-0.15, -0.1) is 0 Å². The normalized spacial score (nSPS) is 10.5. The minimum atomic E-state index is -0.540. The Morgan fingerprint density at radius 3 is 2.48 bits per heavy atom. The number of hydrogen-bond acceptors (Lipinski definition) is 6. The standard InChI is InChI=1S/C18H18N4O3/c1-24-15-7-8-17(25-2)16(9-15)21-11-12(10-19)18(23)22-14-5-3-13(20)4-6-14/h3-9,11,21H,20H2,1-2H3,(H,22,23)/b12-11-. The number of nitrogens with zero attached hydrogens (tertiary/aromatic N) is 1. The molecule has 0 aliphatic rings. The van der Waals surface area contributed by atoms with Crippen molar-refractivity contribution in [2.24, 2.45) is 0 Å². The van der Waals surface area contributed by atoms with Crippen molar-refractivity contribution >= 4 is 23.0 Å². The number of nitrogens with two attached hydrogens (primary N) is 1. The highest BCUT2D eigenvalue weighted by molar-refractivity contribution is 6.06. The molecule has 1 amide bonds. The van der Waals surface area contributed by atoms with Crippen LogP contribution in [0.15, 0.2) is 54.2 Å². The molecule has 0 aromatic heterocycles. The van der Waals surface area contributed by atoms with Gasteiger partial charge in [-0.05, 0) is 36.4 Å². The highest BCUT2D eigenvalue weighted by Gasteiger charge is 2.10. The number of rotatable bonds is 6. The maximum absolute atomic E-state index is 12.2. The predicted octanol–water partition coefficient (Wildman–Crippen LogP) is 2.74. The number of benzene rings is 2. The summed E-state index contributed by atoms with van der Waals surface area (Å²) in [6.45, 7) is 0. The van der Waals surface area contributed by atoms with Gasteiger partial charge in [0.05, 0.1) is 19.9 Å². The van der Waals surface area contributed by atoms with Crippen LogP contribution in [0.1, 0.15) is 0 Å². The number of nitrogens with one attached hydrogen (secondary N) is 2. The third-order valence-electron chi connectivity index (χ3n) is 3.31. The third-order valence-corrected chi connectivity index (χ3v) is 3.31. The van der Waals surface area contributed by atoms with Crippen LogP contribution in [0.25, 0.3) is 0 Å². The average molecular weight is 338 g/mol. The van der Waals surface area contributed by atoms with Crippen molar-refractivity contribution in [1.29, 1.82) is 5.26 Å². The molecule has 0 heterocycles. The fraction of sp³-hybridized carbons (Fsp3) is 0.111. The molecular weight excluding hydrogens is 320 g/mol. The zero-order valence-corrected chi connectivity index (χ0v) is 13.9. The lowest BCUT2D eigenvalue weighted by atomic mass is 10.2. The smallest absolute Gasteiger partial charge is 0.267 e. The van der Waals surface area contributed by atoms with E-state index < -0.39 is 5.91 Å². The quantitative estimate of drug-likeness (QED) is 0.424. The van der Waals surface area contributed by atoms with Crippen LogP contribution < -0.4 is 25.8 Å². The van der Waals surface area contributed by atoms with E-state index in [0.29, 0.717) is 28.6 Å². The van der Waals surface area contributed by atoms with Gasteiger partial charge in [0, 0.05) is 23.6 Å². The number of ether oxygens (including phenoxy) is 2. The minimum absolute atomic E-state index is 0.0957. The second-order valence-corrected chi connectivity index (χ2v) is 4.96. The number of anilines is 3. The molecule has 2 aromatic carbocycles. The van der Waals surface area contributed by atoms with Crippen LogP contribution in [-0.2, 0) is 4.79 Å². The SMILES string of the molecule is COc1ccc(OC)c(N/C=C(/C#N)C(=O)Nc2ccc(N)cc2)c1. The van der Waals surface area contributed by atoms with E-state index in [1.165, 1.54) is 13.3 Å². The molecule has 0 aliphatic heterocycles. The Hall–Kier alpha value is -3.66. The molecule has 2 aromatic rings. The van der Waals surface area contributed by atoms with Crippen molar-refractivity contribution in [1.82, 2.24) is 0 Å². The number of hydrogen-bond donors (Lipinski definition) is 3. The number of methoxy groups -OCH3 is 2. The Kier molecular flexibility index (Phi) is 5.85. The van der Waals surface area contributed by atoms with E-state index in [0.717, 1.165) is 0 Å². The minimum Gasteiger partial charge on any atom is -0.497 e. The molecule has 0 bridgehead atoms. The number of carbonyl (C=O) groups is 1. The average Bonchev–Trinajstić information content (AvgIpc) is 2.64. The third kappa shape index (κ3) is 4.65. The van der Waals surface area contributed by atoms with E-state index in [4.69, 9.17) is 15.2 Å². The lowest BCUT2D eigenvalue weighted by molar-refractivity contribution is -0.112. The first-order valence-electron chi connectivity index (χ1n) is 7.33. The summed E-state index contributed by atoms with van der Waals surface area (Å²) in [7, 11) is 3.07. The monoisotopic (exact) mass is 338 g/mol. The van der Waals surface area contributed by atoms with Gasteiger partial charge in [0.25, 0.3) is 5.91 Å². The van der Waals surface area contributed by atoms with Gasteiger partial charge >= 0.3 is 0 Å². The zero-order chi connectivity index (χ0) is 18.2. The molecular formula is C18H18N4O3. The summed E-state index contributed by atoms with van der Waals surface area (Å²) < 4.78 is 10.4. The molecule has 2 rings (SSSR count). The Balaban J connectivity index is 2.16. The van der Waals surface area contributed by atoms with E-state index in [-0.39, 0.29) is 5.57 Å². The van der Waals surface area contributed by atoms with Crippen molar-refractivity contribution in [3.8, 4) is 17.6 Å². The maximum Gasteiger partial charge on any atom is 0.267 e. The van der Waals surface area contributed by atoms with Gasteiger partial charge in [0.2, 0.25) is 0 Å². The summed E-state index contributed by atoms with van der Waals surface area (Å²) in [6, 6.07) is 13.6. The Morgan fingerprint density at radius 2 is 1.88 bits per heavy atom. The molecule has 0 spiro atoms. The summed E-state index contributed by atoms with van der Waals surface area (Å²) in [6.07, 6.45) is 1.31. The summed E-state index contributed by atoms with van der Waals surface area (Å²) in [5, 5.41) is 14.8. The molecule has 0 radical (unpaired) electrons. The van der Waals surface area contributed by atoms with Gasteiger partial charge in [-0.2, -0.15) is 5.26 Å². The number of amides is 1. The van der Waals surface area contributed by atoms with Crippen LogP contribution in [0, 0.1) is 11.3 Å². The Bertz CT molecular complexity index is 823. The van der Waals surface area contributed by atoms with Crippen molar-refractivity contribution < 1.29 is 14.3 Å². The van der Waals surface area contributed by atoms with Crippen LogP contribution in [-0.4, -0.2) is 20.1 Å². The van der Waals surface area contributed by atoms with Crippen molar-refractivity contribution in [3.63, 3.8) is 0 Å². The maximum atomic E-state index is 12.2. The zero-order valence-electron chi connectivity index (χ0n) is 13.9. The molecule has 0 fully saturated rings. The second kappa shape index (κ2) is 8.26. The molecule has 0 aliphatic carbocycles. The van der Waals surface area contributed by atoms with Crippen molar-refractivity contribution in [3.05, 3.63) is 54.2 Å². The van der Waals surface area contributed by atoms with Gasteiger partial charge < -0.3 is 25.8 Å². The number of carbonyl (C=O) groups excluding carboxylic acids is 1. The summed E-state index contributed by atoms with van der Waals surface area (Å²) in [5.41, 5.74) is 7.19. The fourth-order valence-corrected chi connectivity index (χ4v) is 1.99. The first kappa shape index (κ1) is 17.7. The molecule has 0 unspecified atom stereocenters. The summed E-state index contributed by atoms with van der Waals surface area (Å²) in [4.78, 5) is 12.2. The molecule has 0 saturated carbocycles. The molecule has 0 atom stereocenters. The van der Waals surface area contributed by atoms with E-state index in [1.807, 2.05) is 6.07 Å². The Labute approximate surface area is 145 Å².